The number of rotatable bonds is 5. The molecule has 0 saturated heterocycles. The number of carbonyl (C=O) groups excluding carboxylic acids is 1. The number of alkyl halides is 3. The zero-order valence-corrected chi connectivity index (χ0v) is 16.1. The summed E-state index contributed by atoms with van der Waals surface area (Å²) in [5.74, 6) is -1.07. The molecule has 0 unspecified atom stereocenters. The van der Waals surface area contributed by atoms with E-state index in [9.17, 15) is 26.4 Å². The summed E-state index contributed by atoms with van der Waals surface area (Å²) < 4.78 is 67.5. The summed E-state index contributed by atoms with van der Waals surface area (Å²) in [5, 5.41) is 2.51. The van der Waals surface area contributed by atoms with Crippen LogP contribution in [0.2, 0.25) is 0 Å². The van der Waals surface area contributed by atoms with Gasteiger partial charge < -0.3 is 10.1 Å². The summed E-state index contributed by atoms with van der Waals surface area (Å²) in [7, 11) is -3.79. The van der Waals surface area contributed by atoms with Gasteiger partial charge in [0, 0.05) is 16.8 Å². The summed E-state index contributed by atoms with van der Waals surface area (Å²) in [4.78, 5) is 12.2. The lowest BCUT2D eigenvalue weighted by Gasteiger charge is -2.20. The van der Waals surface area contributed by atoms with E-state index in [2.05, 4.69) is 14.8 Å². The second kappa shape index (κ2) is 7.80. The number of halogens is 3. The van der Waals surface area contributed by atoms with E-state index in [1.807, 2.05) is 0 Å². The van der Waals surface area contributed by atoms with Crippen molar-refractivity contribution in [3.8, 4) is 5.75 Å². The Hall–Kier alpha value is -2.59. The molecule has 0 bridgehead atoms. The first-order chi connectivity index (χ1) is 12.8. The minimum Gasteiger partial charge on any atom is -0.406 e. The molecule has 0 fully saturated rings. The number of benzene rings is 2. The average molecular weight is 416 g/mol. The van der Waals surface area contributed by atoms with E-state index >= 15 is 0 Å². The maximum atomic E-state index is 12.4. The van der Waals surface area contributed by atoms with Crippen molar-refractivity contribution in [1.29, 1.82) is 0 Å². The fourth-order valence-corrected chi connectivity index (χ4v) is 3.68. The zero-order chi connectivity index (χ0) is 21.2. The van der Waals surface area contributed by atoms with Crippen LogP contribution in [0.5, 0.6) is 5.75 Å². The Balaban J connectivity index is 2.15. The van der Waals surface area contributed by atoms with Crippen LogP contribution in [0, 0.1) is 0 Å². The Morgan fingerprint density at radius 3 is 2.14 bits per heavy atom. The standard InChI is InChI=1S/C18H19F3N2O4S/c1-17(2,3)23-28(25,26)15-6-4-5-13(11-15)22-16(24)12-7-9-14(10-8-12)27-18(19,20)21/h4-11,23H,1-3H3,(H,22,24). The molecular weight excluding hydrogens is 397 g/mol. The van der Waals surface area contributed by atoms with E-state index in [4.69, 9.17) is 0 Å². The number of hydrogen-bond acceptors (Lipinski definition) is 4. The van der Waals surface area contributed by atoms with Crippen molar-refractivity contribution in [3.63, 3.8) is 0 Å². The number of amides is 1. The summed E-state index contributed by atoms with van der Waals surface area (Å²) in [6.07, 6.45) is -4.82. The van der Waals surface area contributed by atoms with Crippen LogP contribution in [-0.4, -0.2) is 26.2 Å². The average Bonchev–Trinajstić information content (AvgIpc) is 2.52. The Morgan fingerprint density at radius 2 is 1.61 bits per heavy atom. The quantitative estimate of drug-likeness (QED) is 0.774. The van der Waals surface area contributed by atoms with Gasteiger partial charge in [-0.15, -0.1) is 13.2 Å². The highest BCUT2D eigenvalue weighted by Gasteiger charge is 2.31. The fourth-order valence-electron chi connectivity index (χ4n) is 2.21. The van der Waals surface area contributed by atoms with Crippen LogP contribution in [0.15, 0.2) is 53.4 Å². The fraction of sp³-hybridized carbons (Fsp3) is 0.278. The molecule has 0 radical (unpaired) electrons. The van der Waals surface area contributed by atoms with Crippen molar-refractivity contribution in [2.45, 2.75) is 37.6 Å². The smallest absolute Gasteiger partial charge is 0.406 e. The number of hydrogen-bond donors (Lipinski definition) is 2. The van der Waals surface area contributed by atoms with Gasteiger partial charge in [0.2, 0.25) is 10.0 Å². The molecule has 2 rings (SSSR count). The van der Waals surface area contributed by atoms with Crippen molar-refractivity contribution in [2.24, 2.45) is 0 Å². The van der Waals surface area contributed by atoms with Crippen molar-refractivity contribution in [3.05, 3.63) is 54.1 Å². The lowest BCUT2D eigenvalue weighted by Crippen LogP contribution is -2.40. The number of carbonyl (C=O) groups is 1. The molecule has 10 heteroatoms. The lowest BCUT2D eigenvalue weighted by atomic mass is 10.1. The predicted octanol–water partition coefficient (Wildman–Crippen LogP) is 3.91. The highest BCUT2D eigenvalue weighted by atomic mass is 32.2. The number of ether oxygens (including phenoxy) is 1. The molecule has 0 aromatic heterocycles. The van der Waals surface area contributed by atoms with Gasteiger partial charge in [-0.25, -0.2) is 13.1 Å². The van der Waals surface area contributed by atoms with Gasteiger partial charge in [-0.1, -0.05) is 6.07 Å². The molecule has 1 amide bonds. The molecule has 0 aliphatic heterocycles. The van der Waals surface area contributed by atoms with Crippen LogP contribution in [0.25, 0.3) is 0 Å². The molecule has 0 heterocycles. The summed E-state index contributed by atoms with van der Waals surface area (Å²) in [6.45, 7) is 5.09. The van der Waals surface area contributed by atoms with Gasteiger partial charge in [0.25, 0.3) is 5.91 Å². The number of anilines is 1. The Labute approximate surface area is 160 Å². The van der Waals surface area contributed by atoms with Crippen LogP contribution >= 0.6 is 0 Å². The largest absolute Gasteiger partial charge is 0.573 e. The van der Waals surface area contributed by atoms with E-state index in [0.29, 0.717) is 0 Å². The van der Waals surface area contributed by atoms with E-state index in [1.165, 1.54) is 24.3 Å². The second-order valence-electron chi connectivity index (χ2n) is 6.91. The van der Waals surface area contributed by atoms with Gasteiger partial charge in [0.1, 0.15) is 5.75 Å². The van der Waals surface area contributed by atoms with E-state index in [0.717, 1.165) is 24.3 Å². The Bertz CT molecular complexity index is 950. The summed E-state index contributed by atoms with van der Waals surface area (Å²) in [6, 6.07) is 9.98. The first-order valence-electron chi connectivity index (χ1n) is 8.06. The molecule has 6 nitrogen and oxygen atoms in total. The lowest BCUT2D eigenvalue weighted by molar-refractivity contribution is -0.274. The van der Waals surface area contributed by atoms with Crippen molar-refractivity contribution < 1.29 is 31.1 Å². The SMILES string of the molecule is CC(C)(C)NS(=O)(=O)c1cccc(NC(=O)c2ccc(OC(F)(F)F)cc2)c1. The molecule has 2 aromatic carbocycles. The van der Waals surface area contributed by atoms with Gasteiger partial charge in [-0.3, -0.25) is 4.79 Å². The van der Waals surface area contributed by atoms with Gasteiger partial charge in [0.05, 0.1) is 4.90 Å². The first kappa shape index (κ1) is 21.7. The topological polar surface area (TPSA) is 84.5 Å². The third-order valence-corrected chi connectivity index (χ3v) is 4.95. The number of nitrogens with one attached hydrogen (secondary N) is 2. The van der Waals surface area contributed by atoms with Crippen LogP contribution < -0.4 is 14.8 Å². The molecule has 2 N–H and O–H groups in total. The third kappa shape index (κ3) is 6.54. The maximum Gasteiger partial charge on any atom is 0.573 e. The van der Waals surface area contributed by atoms with Crippen molar-refractivity contribution in [1.82, 2.24) is 4.72 Å². The molecule has 152 valence electrons. The number of sulfonamides is 1. The van der Waals surface area contributed by atoms with Crippen LogP contribution in [0.1, 0.15) is 31.1 Å². The van der Waals surface area contributed by atoms with Gasteiger partial charge in [-0.2, -0.15) is 0 Å². The minimum atomic E-state index is -4.82. The Morgan fingerprint density at radius 1 is 1.00 bits per heavy atom. The van der Waals surface area contributed by atoms with Crippen LogP contribution in [0.4, 0.5) is 18.9 Å². The van der Waals surface area contributed by atoms with E-state index < -0.39 is 33.6 Å². The van der Waals surface area contributed by atoms with Gasteiger partial charge in [0.15, 0.2) is 0 Å². The molecule has 0 aliphatic carbocycles. The highest BCUT2D eigenvalue weighted by Crippen LogP contribution is 2.23. The first-order valence-corrected chi connectivity index (χ1v) is 9.55. The summed E-state index contributed by atoms with van der Waals surface area (Å²) in [5.41, 5.74) is -0.383. The molecular formula is C18H19F3N2O4S. The van der Waals surface area contributed by atoms with Crippen LogP contribution in [0.3, 0.4) is 0 Å². The Kier molecular flexibility index (Phi) is 6.05. The van der Waals surface area contributed by atoms with Gasteiger partial charge >= 0.3 is 6.36 Å². The van der Waals surface area contributed by atoms with Crippen LogP contribution in [-0.2, 0) is 10.0 Å². The van der Waals surface area contributed by atoms with E-state index in [-0.39, 0.29) is 16.1 Å². The van der Waals surface area contributed by atoms with E-state index in [1.54, 1.807) is 20.8 Å². The molecule has 28 heavy (non-hydrogen) atoms. The van der Waals surface area contributed by atoms with Crippen molar-refractivity contribution >= 4 is 21.6 Å². The maximum absolute atomic E-state index is 12.4. The molecule has 0 spiro atoms. The highest BCUT2D eigenvalue weighted by molar-refractivity contribution is 7.89. The predicted molar refractivity (Wildman–Crippen MR) is 97.6 cm³/mol. The minimum absolute atomic E-state index is 0.0332. The molecule has 0 atom stereocenters. The second-order valence-corrected chi connectivity index (χ2v) is 8.59. The normalized spacial score (nSPS) is 12.5. The molecule has 2 aromatic rings. The summed E-state index contributed by atoms with van der Waals surface area (Å²) >= 11 is 0. The monoisotopic (exact) mass is 416 g/mol. The van der Waals surface area contributed by atoms with Crippen molar-refractivity contribution in [2.75, 3.05) is 5.32 Å². The van der Waals surface area contributed by atoms with Gasteiger partial charge in [-0.05, 0) is 63.2 Å². The zero-order valence-electron chi connectivity index (χ0n) is 15.3. The molecule has 0 aliphatic rings. The molecule has 0 saturated carbocycles. The third-order valence-electron chi connectivity index (χ3n) is 3.19.